The monoisotopic (exact) mass is 1270 g/mol. The van der Waals surface area contributed by atoms with Crippen molar-refractivity contribution in [2.24, 2.45) is 0 Å². The Labute approximate surface area is 488 Å². The second kappa shape index (κ2) is 23.2. The first-order valence-electron chi connectivity index (χ1n) is 27.0. The van der Waals surface area contributed by atoms with Crippen molar-refractivity contribution in [1.29, 1.82) is 0 Å². The molecule has 0 saturated carbocycles. The van der Waals surface area contributed by atoms with Gasteiger partial charge in [-0.1, -0.05) is 249 Å². The van der Waals surface area contributed by atoms with Crippen molar-refractivity contribution in [3.8, 4) is 0 Å². The molecule has 8 aromatic carbocycles. The van der Waals surface area contributed by atoms with Crippen LogP contribution in [0.15, 0.2) is 243 Å². The van der Waals surface area contributed by atoms with Gasteiger partial charge in [0.1, 0.15) is 9.76 Å². The van der Waals surface area contributed by atoms with Gasteiger partial charge in [0, 0.05) is 48.6 Å². The number of hydrogen-bond donors (Lipinski definition) is 0. The standard InChI is InChI=1S/C56H66O14Si11/c1-57-74(49-33-17-9-18-34-49)61-78(53-41-25-13-26-42-53)63-75(58-71-2,50-35-19-10-20-36-50)64-79(62-74,54-43-27-14-28-44-54)70-81(56-47-31-16-32-48-56)66-76(59-72(3,4)5,51-37-21-11-22-38-51)65-80(69-78,55-45-29-15-30-46-55)67-77(68-81,60-73(6,7)8)52-39-23-12-24-40-52/h9-48H,71H2,1-8H3. The van der Waals surface area contributed by atoms with Crippen LogP contribution in [-0.4, -0.2) is 104 Å². The van der Waals surface area contributed by atoms with E-state index >= 15 is 0 Å². The Morgan fingerprint density at radius 2 is 0.469 bits per heavy atom. The van der Waals surface area contributed by atoms with Crippen LogP contribution in [0.3, 0.4) is 0 Å². The minimum Gasteiger partial charge on any atom is -0.419 e. The zero-order valence-corrected chi connectivity index (χ0v) is 57.9. The molecule has 418 valence electrons. The van der Waals surface area contributed by atoms with Crippen LogP contribution in [0, 0.1) is 0 Å². The lowest BCUT2D eigenvalue weighted by atomic mass is 10.4. The predicted molar refractivity (Wildman–Crippen MR) is 337 cm³/mol. The molecule has 4 aliphatic rings. The highest BCUT2D eigenvalue weighted by Gasteiger charge is 2.80. The van der Waals surface area contributed by atoms with Gasteiger partial charge >= 0.3 is 70.4 Å². The van der Waals surface area contributed by atoms with E-state index < -0.39 is 96.8 Å². The van der Waals surface area contributed by atoms with Crippen molar-refractivity contribution < 1.29 is 57.9 Å². The Kier molecular flexibility index (Phi) is 16.7. The van der Waals surface area contributed by atoms with E-state index in [-0.39, 0.29) is 0 Å². The van der Waals surface area contributed by atoms with Gasteiger partial charge in [-0.2, -0.15) is 0 Å². The summed E-state index contributed by atoms with van der Waals surface area (Å²) in [6.45, 7) is 14.7. The molecule has 0 amide bonds. The molecule has 0 spiro atoms. The van der Waals surface area contributed by atoms with Gasteiger partial charge in [-0.05, 0) is 39.3 Å². The van der Waals surface area contributed by atoms with Crippen molar-refractivity contribution >= 4 is 138 Å². The van der Waals surface area contributed by atoms with Crippen molar-refractivity contribution in [3.05, 3.63) is 243 Å². The summed E-state index contributed by atoms with van der Waals surface area (Å²) in [6.07, 6.45) is 0. The van der Waals surface area contributed by atoms with Crippen LogP contribution in [0.1, 0.15) is 0 Å². The first-order chi connectivity index (χ1) is 38.9. The number of fused-ring (bicyclic) bond motifs is 4. The van der Waals surface area contributed by atoms with Crippen LogP contribution in [0.2, 0.25) is 45.8 Å². The first kappa shape index (κ1) is 58.4. The number of hydrogen-bond acceptors (Lipinski definition) is 14. The molecule has 4 saturated heterocycles. The van der Waals surface area contributed by atoms with E-state index in [2.05, 4.69) is 39.3 Å². The molecule has 0 aliphatic carbocycles. The lowest BCUT2D eigenvalue weighted by molar-refractivity contribution is 0.0438. The average Bonchev–Trinajstić information content (AvgIpc) is 3.57. The molecule has 4 aliphatic heterocycles. The van der Waals surface area contributed by atoms with Crippen LogP contribution < -0.4 is 41.5 Å². The smallest absolute Gasteiger partial charge is 0.419 e. The Hall–Kier alpha value is -4.41. The van der Waals surface area contributed by atoms with E-state index in [0.29, 0.717) is 41.5 Å². The van der Waals surface area contributed by atoms with Crippen LogP contribution in [0.4, 0.5) is 0 Å². The summed E-state index contributed by atoms with van der Waals surface area (Å²) in [5, 5.41) is 4.40. The summed E-state index contributed by atoms with van der Waals surface area (Å²) in [7, 11) is -45.2. The Morgan fingerprint density at radius 1 is 0.272 bits per heavy atom. The van der Waals surface area contributed by atoms with Crippen molar-refractivity contribution in [1.82, 2.24) is 0 Å². The van der Waals surface area contributed by atoms with E-state index in [0.717, 1.165) is 0 Å². The Bertz CT molecular complexity index is 3160. The maximum Gasteiger partial charge on any atom is 0.522 e. The highest BCUT2D eigenvalue weighted by Crippen LogP contribution is 2.43. The van der Waals surface area contributed by atoms with E-state index in [4.69, 9.17) is 57.9 Å². The summed E-state index contributed by atoms with van der Waals surface area (Å²) in [6, 6.07) is 77.6. The maximum absolute atomic E-state index is 8.59. The largest absolute Gasteiger partial charge is 0.522 e. The van der Waals surface area contributed by atoms with E-state index in [9.17, 15) is 0 Å². The first-order valence-corrected chi connectivity index (χ1v) is 49.6. The fourth-order valence-corrected chi connectivity index (χ4v) is 61.2. The van der Waals surface area contributed by atoms with Gasteiger partial charge in [0.05, 0.1) is 0 Å². The Balaban J connectivity index is 1.42. The van der Waals surface area contributed by atoms with Crippen molar-refractivity contribution in [3.63, 3.8) is 0 Å². The third kappa shape index (κ3) is 11.8. The molecule has 4 heterocycles. The average molecular weight is 1270 g/mol. The summed E-state index contributed by atoms with van der Waals surface area (Å²) in [5.74, 6) is 0. The lowest BCUT2D eigenvalue weighted by Crippen LogP contribution is -2.90. The highest BCUT2D eigenvalue weighted by molar-refractivity contribution is 7.10. The molecular weight excluding hydrogens is 1210 g/mol. The lowest BCUT2D eigenvalue weighted by Gasteiger charge is -2.57. The second-order valence-corrected chi connectivity index (χ2v) is 55.4. The maximum atomic E-state index is 8.59. The highest BCUT2D eigenvalue weighted by atomic mass is 28.6. The minimum absolute atomic E-state index is 0.506. The molecule has 4 bridgehead atoms. The van der Waals surface area contributed by atoms with Gasteiger partial charge < -0.3 is 57.9 Å². The van der Waals surface area contributed by atoms with Crippen molar-refractivity contribution in [2.45, 2.75) is 45.8 Å². The minimum atomic E-state index is -5.16. The topological polar surface area (TPSA) is 129 Å². The molecule has 0 radical (unpaired) electrons. The van der Waals surface area contributed by atoms with Crippen LogP contribution in [-0.2, 0) is 57.9 Å². The van der Waals surface area contributed by atoms with E-state index in [1.807, 2.05) is 249 Å². The van der Waals surface area contributed by atoms with Crippen LogP contribution in [0.5, 0.6) is 0 Å². The fraction of sp³-hybridized carbons (Fsp3) is 0.143. The van der Waals surface area contributed by atoms with Gasteiger partial charge in [0.15, 0.2) is 16.6 Å². The molecule has 81 heavy (non-hydrogen) atoms. The third-order valence-corrected chi connectivity index (χ3v) is 53.3. The molecule has 4 fully saturated rings. The predicted octanol–water partition coefficient (Wildman–Crippen LogP) is 5.46. The van der Waals surface area contributed by atoms with Gasteiger partial charge in [0.25, 0.3) is 0 Å². The third-order valence-electron chi connectivity index (χ3n) is 13.2. The quantitative estimate of drug-likeness (QED) is 0.121. The van der Waals surface area contributed by atoms with Crippen LogP contribution in [0.25, 0.3) is 0 Å². The summed E-state index contributed by atoms with van der Waals surface area (Å²) in [4.78, 5) is 0. The molecular formula is C56H66O14Si11. The van der Waals surface area contributed by atoms with E-state index in [1.165, 1.54) is 0 Å². The van der Waals surface area contributed by atoms with Crippen molar-refractivity contribution in [2.75, 3.05) is 7.11 Å². The summed E-state index contributed by atoms with van der Waals surface area (Å²) in [5.41, 5.74) is 0. The second-order valence-electron chi connectivity index (χ2n) is 21.5. The number of benzene rings is 8. The van der Waals surface area contributed by atoms with Crippen LogP contribution >= 0.6 is 0 Å². The molecule has 14 nitrogen and oxygen atoms in total. The molecule has 0 N–H and O–H groups in total. The number of rotatable bonds is 15. The van der Waals surface area contributed by atoms with Gasteiger partial charge in [-0.15, -0.1) is 0 Å². The normalized spacial score (nSPS) is 30.0. The zero-order chi connectivity index (χ0) is 56.5. The van der Waals surface area contributed by atoms with E-state index in [1.54, 1.807) is 7.11 Å². The van der Waals surface area contributed by atoms with Gasteiger partial charge in [-0.3, -0.25) is 0 Å². The van der Waals surface area contributed by atoms with Gasteiger partial charge in [0.2, 0.25) is 0 Å². The fourth-order valence-electron chi connectivity index (χ4n) is 9.96. The molecule has 2 unspecified atom stereocenters. The molecule has 8 aromatic rings. The molecule has 0 aromatic heterocycles. The summed E-state index contributed by atoms with van der Waals surface area (Å²) >= 11 is 0. The molecule has 25 heteroatoms. The molecule has 2 atom stereocenters. The SMILES string of the molecule is CO[Si]1(c2ccccc2)O[Si]2(c3ccccc3)O[Si](O[SiH2]C)(c3ccccc3)O[Si](c3ccccc3)(O1)O[Si]1(c3ccccc3)O[Si](O[Si](C)(C)C)(c3ccccc3)O[Si](c3ccccc3)(O[Si](O[Si](C)(C)C)(c3ccccc3)O1)O2. The molecule has 12 rings (SSSR count). The van der Waals surface area contributed by atoms with Gasteiger partial charge in [-0.25, -0.2) is 0 Å². The summed E-state index contributed by atoms with van der Waals surface area (Å²) < 4.78 is 115. The zero-order valence-electron chi connectivity index (χ0n) is 46.5. The Morgan fingerprint density at radius 3 is 0.691 bits per heavy atom.